The minimum Gasteiger partial charge on any atom is -0.206 e. The lowest BCUT2D eigenvalue weighted by molar-refractivity contribution is 0.618. The molecule has 0 aliphatic rings. The number of hydrogen-bond acceptors (Lipinski definition) is 2. The van der Waals surface area contributed by atoms with Gasteiger partial charge in [-0.15, -0.1) is 12.6 Å². The summed E-state index contributed by atoms with van der Waals surface area (Å²) in [7, 11) is 0. The summed E-state index contributed by atoms with van der Waals surface area (Å²) in [6, 6.07) is 4.65. The summed E-state index contributed by atoms with van der Waals surface area (Å²) >= 11 is 5.79. The largest absolute Gasteiger partial charge is 0.206 e. The molecule has 0 aliphatic carbocycles. The van der Waals surface area contributed by atoms with Gasteiger partial charge in [-0.25, -0.2) is 4.39 Å². The maximum absolute atomic E-state index is 12.8. The van der Waals surface area contributed by atoms with Crippen LogP contribution in [-0.4, -0.2) is 0 Å². The van der Waals surface area contributed by atoms with Crippen molar-refractivity contribution in [3.05, 3.63) is 27.1 Å². The van der Waals surface area contributed by atoms with E-state index in [0.717, 1.165) is 0 Å². The first-order valence-corrected chi connectivity index (χ1v) is 4.26. The SMILES string of the molecule is N#Cc1c(S)ccc(F)c1I. The molecular formula is C7H3FINS. The summed E-state index contributed by atoms with van der Waals surface area (Å²) < 4.78 is 13.1. The number of nitrogens with zero attached hydrogens (tertiary/aromatic N) is 1. The Morgan fingerprint density at radius 1 is 1.55 bits per heavy atom. The van der Waals surface area contributed by atoms with E-state index in [1.54, 1.807) is 22.6 Å². The van der Waals surface area contributed by atoms with Crippen molar-refractivity contribution in [3.63, 3.8) is 0 Å². The fraction of sp³-hybridized carbons (Fsp3) is 0. The third-order valence-electron chi connectivity index (χ3n) is 1.18. The molecule has 0 saturated carbocycles. The van der Waals surface area contributed by atoms with E-state index in [4.69, 9.17) is 5.26 Å². The molecule has 0 aliphatic heterocycles. The Hall–Kier alpha value is -0.280. The second-order valence-electron chi connectivity index (χ2n) is 1.87. The molecule has 0 N–H and O–H groups in total. The van der Waals surface area contributed by atoms with Crippen molar-refractivity contribution < 1.29 is 4.39 Å². The molecule has 0 unspecified atom stereocenters. The van der Waals surface area contributed by atoms with Crippen LogP contribution >= 0.6 is 35.2 Å². The fourth-order valence-corrected chi connectivity index (χ4v) is 1.69. The van der Waals surface area contributed by atoms with E-state index in [1.165, 1.54) is 12.1 Å². The molecule has 0 bridgehead atoms. The summed E-state index contributed by atoms with van der Waals surface area (Å²) in [4.78, 5) is 0.512. The lowest BCUT2D eigenvalue weighted by Crippen LogP contribution is -1.88. The number of nitriles is 1. The van der Waals surface area contributed by atoms with Gasteiger partial charge in [0.15, 0.2) is 0 Å². The van der Waals surface area contributed by atoms with Crippen LogP contribution in [0.15, 0.2) is 17.0 Å². The van der Waals surface area contributed by atoms with Gasteiger partial charge in [0.2, 0.25) is 0 Å². The van der Waals surface area contributed by atoms with Crippen LogP contribution in [-0.2, 0) is 0 Å². The van der Waals surface area contributed by atoms with Crippen molar-refractivity contribution in [1.82, 2.24) is 0 Å². The summed E-state index contributed by atoms with van der Waals surface area (Å²) in [5, 5.41) is 8.55. The zero-order valence-corrected chi connectivity index (χ0v) is 8.36. The maximum Gasteiger partial charge on any atom is 0.137 e. The Bertz CT molecular complexity index is 332. The second kappa shape index (κ2) is 3.41. The van der Waals surface area contributed by atoms with Crippen LogP contribution in [0, 0.1) is 20.7 Å². The lowest BCUT2D eigenvalue weighted by Gasteiger charge is -1.98. The minimum atomic E-state index is -0.375. The molecule has 11 heavy (non-hydrogen) atoms. The van der Waals surface area contributed by atoms with Gasteiger partial charge < -0.3 is 0 Å². The Morgan fingerprint density at radius 2 is 2.18 bits per heavy atom. The molecule has 4 heteroatoms. The zero-order chi connectivity index (χ0) is 8.43. The summed E-state index contributed by atoms with van der Waals surface area (Å²) in [5.41, 5.74) is 0.300. The Labute approximate surface area is 82.8 Å². The molecule has 1 aromatic rings. The minimum absolute atomic E-state index is 0.300. The van der Waals surface area contributed by atoms with Gasteiger partial charge in [0.05, 0.1) is 9.13 Å². The van der Waals surface area contributed by atoms with Crippen LogP contribution < -0.4 is 0 Å². The molecule has 1 aromatic carbocycles. The van der Waals surface area contributed by atoms with Crippen LogP contribution in [0.1, 0.15) is 5.56 Å². The van der Waals surface area contributed by atoms with Crippen LogP contribution in [0.3, 0.4) is 0 Å². The molecule has 56 valence electrons. The van der Waals surface area contributed by atoms with Crippen LogP contribution in [0.2, 0.25) is 0 Å². The smallest absolute Gasteiger partial charge is 0.137 e. The lowest BCUT2D eigenvalue weighted by atomic mass is 10.2. The van der Waals surface area contributed by atoms with Crippen molar-refractivity contribution in [2.75, 3.05) is 0 Å². The molecule has 1 nitrogen and oxygen atoms in total. The molecule has 0 atom stereocenters. The molecule has 1 rings (SSSR count). The van der Waals surface area contributed by atoms with Gasteiger partial charge in [0.1, 0.15) is 11.9 Å². The van der Waals surface area contributed by atoms with Crippen molar-refractivity contribution in [3.8, 4) is 6.07 Å². The highest BCUT2D eigenvalue weighted by Crippen LogP contribution is 2.21. The number of rotatable bonds is 0. The quantitative estimate of drug-likeness (QED) is 0.572. The molecule has 0 fully saturated rings. The first-order chi connectivity index (χ1) is 5.16. The molecule has 0 spiro atoms. The Kier molecular flexibility index (Phi) is 2.73. The Morgan fingerprint density at radius 3 is 2.64 bits per heavy atom. The summed E-state index contributed by atoms with van der Waals surface area (Å²) in [5.74, 6) is -0.375. The zero-order valence-electron chi connectivity index (χ0n) is 5.31. The standard InChI is InChI=1S/C7H3FINS/c8-5-1-2-6(11)4(3-10)7(5)9/h1-2,11H. The normalized spacial score (nSPS) is 9.27. The van der Waals surface area contributed by atoms with E-state index in [2.05, 4.69) is 12.6 Å². The average Bonchev–Trinajstić information content (AvgIpc) is 1.99. The van der Waals surface area contributed by atoms with E-state index < -0.39 is 0 Å². The van der Waals surface area contributed by atoms with Gasteiger partial charge in [-0.05, 0) is 34.7 Å². The predicted octanol–water partition coefficient (Wildman–Crippen LogP) is 2.59. The monoisotopic (exact) mass is 279 g/mol. The van der Waals surface area contributed by atoms with Crippen molar-refractivity contribution in [2.45, 2.75) is 4.90 Å². The molecular weight excluding hydrogens is 276 g/mol. The van der Waals surface area contributed by atoms with Crippen LogP contribution in [0.5, 0.6) is 0 Å². The van der Waals surface area contributed by atoms with Crippen molar-refractivity contribution >= 4 is 35.2 Å². The summed E-state index contributed by atoms with van der Waals surface area (Å²) in [6.45, 7) is 0. The van der Waals surface area contributed by atoms with Gasteiger partial charge in [-0.1, -0.05) is 0 Å². The Balaban J connectivity index is 3.44. The maximum atomic E-state index is 12.8. The third-order valence-corrected chi connectivity index (χ3v) is 2.61. The van der Waals surface area contributed by atoms with Crippen molar-refractivity contribution in [2.24, 2.45) is 0 Å². The number of thiol groups is 1. The molecule has 0 saturated heterocycles. The van der Waals surface area contributed by atoms with Crippen molar-refractivity contribution in [1.29, 1.82) is 5.26 Å². The van der Waals surface area contributed by atoms with Gasteiger partial charge >= 0.3 is 0 Å². The number of halogens is 2. The molecule has 0 heterocycles. The van der Waals surface area contributed by atoms with Gasteiger partial charge in [-0.2, -0.15) is 5.26 Å². The van der Waals surface area contributed by atoms with Gasteiger partial charge in [0, 0.05) is 4.90 Å². The fourth-order valence-electron chi connectivity index (χ4n) is 0.647. The topological polar surface area (TPSA) is 23.8 Å². The average molecular weight is 279 g/mol. The highest BCUT2D eigenvalue weighted by molar-refractivity contribution is 14.1. The second-order valence-corrected chi connectivity index (χ2v) is 3.43. The number of hydrogen-bond donors (Lipinski definition) is 1. The first kappa shape index (κ1) is 8.81. The van der Waals surface area contributed by atoms with Crippen LogP contribution in [0.25, 0.3) is 0 Å². The first-order valence-electron chi connectivity index (χ1n) is 2.74. The third kappa shape index (κ3) is 1.65. The van der Waals surface area contributed by atoms with E-state index in [0.29, 0.717) is 14.0 Å². The highest BCUT2D eigenvalue weighted by atomic mass is 127. The molecule has 0 amide bonds. The predicted molar refractivity (Wildman–Crippen MR) is 51.1 cm³/mol. The van der Waals surface area contributed by atoms with E-state index in [-0.39, 0.29) is 5.82 Å². The van der Waals surface area contributed by atoms with E-state index >= 15 is 0 Å². The highest BCUT2D eigenvalue weighted by Gasteiger charge is 2.07. The van der Waals surface area contributed by atoms with Gasteiger partial charge in [0.25, 0.3) is 0 Å². The van der Waals surface area contributed by atoms with E-state index in [9.17, 15) is 4.39 Å². The van der Waals surface area contributed by atoms with E-state index in [1.807, 2.05) is 6.07 Å². The van der Waals surface area contributed by atoms with Crippen LogP contribution in [0.4, 0.5) is 4.39 Å². The number of benzene rings is 1. The molecule has 0 aromatic heterocycles. The summed E-state index contributed by atoms with van der Waals surface area (Å²) in [6.07, 6.45) is 0. The molecule has 0 radical (unpaired) electrons. The van der Waals surface area contributed by atoms with Gasteiger partial charge in [-0.3, -0.25) is 0 Å².